The Morgan fingerprint density at radius 1 is 1.29 bits per heavy atom. The van der Waals surface area contributed by atoms with Crippen LogP contribution in [0.15, 0.2) is 48.2 Å². The van der Waals surface area contributed by atoms with Crippen LogP contribution in [0, 0.1) is 0 Å². The fraction of sp³-hybridized carbons (Fsp3) is 0.333. The van der Waals surface area contributed by atoms with Crippen LogP contribution in [0.3, 0.4) is 0 Å². The van der Waals surface area contributed by atoms with E-state index in [1.54, 1.807) is 37.4 Å². The van der Waals surface area contributed by atoms with Gasteiger partial charge in [-0.25, -0.2) is 0 Å². The number of nitrogens with zero attached hydrogens (tertiary/aromatic N) is 1. The van der Waals surface area contributed by atoms with E-state index in [0.717, 1.165) is 11.1 Å². The first-order valence-corrected chi connectivity index (χ1v) is 8.49. The van der Waals surface area contributed by atoms with Gasteiger partial charge in [-0.1, -0.05) is 18.2 Å². The molecular weight excluding hydrogens is 288 g/mol. The van der Waals surface area contributed by atoms with E-state index in [2.05, 4.69) is 0 Å². The van der Waals surface area contributed by atoms with Crippen molar-refractivity contribution in [1.29, 1.82) is 0 Å². The summed E-state index contributed by atoms with van der Waals surface area (Å²) in [4.78, 5) is 0. The average Bonchev–Trinajstić information content (AvgIpc) is 2.54. The molecule has 0 saturated heterocycles. The molecule has 3 N–H and O–H groups in total. The summed E-state index contributed by atoms with van der Waals surface area (Å²) in [6.45, 7) is 2.22. The first-order chi connectivity index (χ1) is 9.99. The standard InChI is InChI=1S/C15H21N2O3S/c1-2-21(19,20)17(9-3-4-14(10-16)11-17)15-7-5-13(12-18)6-8-15/h3-8,11,18H,2,9-10,12,16H2,1H3/q+1. The largest absolute Gasteiger partial charge is 0.392 e. The molecule has 0 radical (unpaired) electrons. The summed E-state index contributed by atoms with van der Waals surface area (Å²) in [5.41, 5.74) is 7.88. The van der Waals surface area contributed by atoms with Crippen molar-refractivity contribution in [1.82, 2.24) is 3.89 Å². The van der Waals surface area contributed by atoms with Gasteiger partial charge in [0.05, 0.1) is 12.4 Å². The Balaban J connectivity index is 2.62. The van der Waals surface area contributed by atoms with Gasteiger partial charge in [0.25, 0.3) is 0 Å². The zero-order valence-electron chi connectivity index (χ0n) is 12.1. The maximum Gasteiger partial charge on any atom is 0.306 e. The quantitative estimate of drug-likeness (QED) is 0.802. The highest BCUT2D eigenvalue weighted by Crippen LogP contribution is 2.32. The number of quaternary nitrogens is 1. The Bertz CT molecular complexity index is 663. The monoisotopic (exact) mass is 309 g/mol. The molecule has 0 fully saturated rings. The Labute approximate surface area is 125 Å². The molecule has 0 spiro atoms. The van der Waals surface area contributed by atoms with Crippen LogP contribution >= 0.6 is 0 Å². The van der Waals surface area contributed by atoms with Gasteiger partial charge < -0.3 is 10.8 Å². The van der Waals surface area contributed by atoms with Gasteiger partial charge in [-0.2, -0.15) is 12.3 Å². The van der Waals surface area contributed by atoms with E-state index in [-0.39, 0.29) is 16.2 Å². The van der Waals surface area contributed by atoms with Crippen LogP contribution in [0.4, 0.5) is 5.69 Å². The molecule has 2 rings (SSSR count). The number of hydrogen-bond donors (Lipinski definition) is 2. The highest BCUT2D eigenvalue weighted by atomic mass is 32.2. The maximum atomic E-state index is 12.7. The van der Waals surface area contributed by atoms with Crippen LogP contribution in [-0.2, 0) is 16.6 Å². The van der Waals surface area contributed by atoms with E-state index >= 15 is 0 Å². The normalized spacial score (nSPS) is 22.1. The Morgan fingerprint density at radius 2 is 1.95 bits per heavy atom. The summed E-state index contributed by atoms with van der Waals surface area (Å²) in [6.07, 6.45) is 5.42. The second kappa shape index (κ2) is 6.11. The molecule has 1 aromatic rings. The smallest absolute Gasteiger partial charge is 0.306 e. The number of aliphatic hydroxyl groups excluding tert-OH is 1. The minimum atomic E-state index is -3.41. The first-order valence-electron chi connectivity index (χ1n) is 6.88. The fourth-order valence-corrected chi connectivity index (χ4v) is 3.98. The maximum absolute atomic E-state index is 12.7. The molecule has 21 heavy (non-hydrogen) atoms. The molecule has 5 nitrogen and oxygen atoms in total. The molecule has 1 atom stereocenters. The van der Waals surface area contributed by atoms with Crippen molar-refractivity contribution in [3.8, 4) is 0 Å². The Morgan fingerprint density at radius 3 is 2.48 bits per heavy atom. The van der Waals surface area contributed by atoms with Crippen LogP contribution < -0.4 is 9.62 Å². The third-order valence-electron chi connectivity index (χ3n) is 3.74. The molecular formula is C15H21N2O3S+. The van der Waals surface area contributed by atoms with Crippen molar-refractivity contribution in [2.45, 2.75) is 13.5 Å². The Hall–Kier alpha value is -1.47. The van der Waals surface area contributed by atoms with Crippen molar-refractivity contribution in [3.63, 3.8) is 0 Å². The summed E-state index contributed by atoms with van der Waals surface area (Å²) < 4.78 is 25.1. The lowest BCUT2D eigenvalue weighted by Gasteiger charge is -2.34. The van der Waals surface area contributed by atoms with Crippen LogP contribution in [0.25, 0.3) is 0 Å². The number of aliphatic hydroxyl groups is 1. The van der Waals surface area contributed by atoms with Crippen LogP contribution in [-0.4, -0.2) is 32.4 Å². The summed E-state index contributed by atoms with van der Waals surface area (Å²) in [7, 11) is -3.41. The second-order valence-corrected chi connectivity index (χ2v) is 7.38. The molecule has 114 valence electrons. The van der Waals surface area contributed by atoms with Crippen molar-refractivity contribution in [3.05, 3.63) is 53.8 Å². The lowest BCUT2D eigenvalue weighted by atomic mass is 10.1. The number of hydrogen-bond acceptors (Lipinski definition) is 4. The van der Waals surface area contributed by atoms with E-state index in [4.69, 9.17) is 10.8 Å². The lowest BCUT2D eigenvalue weighted by Crippen LogP contribution is -2.51. The number of nitrogens with two attached hydrogens (primary N) is 1. The molecule has 6 heteroatoms. The molecule has 0 aromatic heterocycles. The van der Waals surface area contributed by atoms with E-state index in [1.807, 2.05) is 12.2 Å². The topological polar surface area (TPSA) is 80.4 Å². The number of rotatable bonds is 5. The highest BCUT2D eigenvalue weighted by Gasteiger charge is 2.42. The first kappa shape index (κ1) is 15.9. The summed E-state index contributed by atoms with van der Waals surface area (Å²) in [5, 5.41) is 9.13. The molecule has 0 amide bonds. The molecule has 1 aliphatic rings. The Kier molecular flexibility index (Phi) is 4.63. The molecule has 1 heterocycles. The van der Waals surface area contributed by atoms with E-state index in [1.165, 1.54) is 0 Å². The number of benzene rings is 1. The molecule has 0 bridgehead atoms. The van der Waals surface area contributed by atoms with Gasteiger partial charge in [0.15, 0.2) is 5.69 Å². The van der Waals surface area contributed by atoms with Crippen LogP contribution in [0.5, 0.6) is 0 Å². The predicted molar refractivity (Wildman–Crippen MR) is 84.8 cm³/mol. The predicted octanol–water partition coefficient (Wildman–Crippen LogP) is 1.25. The highest BCUT2D eigenvalue weighted by molar-refractivity contribution is 7.91. The van der Waals surface area contributed by atoms with Gasteiger partial charge in [0.1, 0.15) is 12.7 Å². The van der Waals surface area contributed by atoms with Crippen molar-refractivity contribution in [2.75, 3.05) is 18.8 Å². The van der Waals surface area contributed by atoms with Gasteiger partial charge in [0, 0.05) is 24.3 Å². The van der Waals surface area contributed by atoms with Gasteiger partial charge in [-0.15, -0.1) is 0 Å². The summed E-state index contributed by atoms with van der Waals surface area (Å²) in [5.74, 6) is 0.0386. The summed E-state index contributed by atoms with van der Waals surface area (Å²) >= 11 is 0. The van der Waals surface area contributed by atoms with Crippen LogP contribution in [0.2, 0.25) is 0 Å². The minimum absolute atomic E-state index is 0.0386. The van der Waals surface area contributed by atoms with Crippen molar-refractivity contribution >= 4 is 15.7 Å². The molecule has 0 saturated carbocycles. The molecule has 1 aliphatic heterocycles. The molecule has 1 unspecified atom stereocenters. The van der Waals surface area contributed by atoms with Gasteiger partial charge in [-0.05, 0) is 18.6 Å². The van der Waals surface area contributed by atoms with E-state index < -0.39 is 10.0 Å². The average molecular weight is 309 g/mol. The van der Waals surface area contributed by atoms with Crippen molar-refractivity contribution in [2.24, 2.45) is 5.73 Å². The summed E-state index contributed by atoms with van der Waals surface area (Å²) in [6, 6.07) is 6.99. The number of sulfonamides is 1. The van der Waals surface area contributed by atoms with E-state index in [9.17, 15) is 8.42 Å². The van der Waals surface area contributed by atoms with Crippen LogP contribution in [0.1, 0.15) is 12.5 Å². The van der Waals surface area contributed by atoms with Gasteiger partial charge in [-0.3, -0.25) is 0 Å². The lowest BCUT2D eigenvalue weighted by molar-refractivity contribution is 0.282. The van der Waals surface area contributed by atoms with Gasteiger partial charge in [0.2, 0.25) is 0 Å². The third-order valence-corrected chi connectivity index (χ3v) is 5.92. The van der Waals surface area contributed by atoms with Gasteiger partial charge >= 0.3 is 10.0 Å². The van der Waals surface area contributed by atoms with Crippen molar-refractivity contribution < 1.29 is 13.5 Å². The molecule has 0 aliphatic carbocycles. The van der Waals surface area contributed by atoms with E-state index in [0.29, 0.717) is 18.8 Å². The second-order valence-electron chi connectivity index (χ2n) is 4.98. The SMILES string of the molecule is CCS(=O)(=O)[N+]1(c2ccc(CO)cc2)C=C(CN)C=CC1. The fourth-order valence-electron chi connectivity index (χ4n) is 2.46. The zero-order chi connectivity index (χ0) is 15.5. The third kappa shape index (κ3) is 2.80. The molecule has 1 aromatic carbocycles. The zero-order valence-corrected chi connectivity index (χ0v) is 12.9. The minimum Gasteiger partial charge on any atom is -0.392 e.